The first-order chi connectivity index (χ1) is 17.9. The molecule has 2 aliphatic rings. The van der Waals surface area contributed by atoms with Crippen LogP contribution in [0.4, 0.5) is 5.69 Å². The summed E-state index contributed by atoms with van der Waals surface area (Å²) >= 11 is 0. The second kappa shape index (κ2) is 12.3. The van der Waals surface area contributed by atoms with Crippen molar-refractivity contribution in [1.29, 1.82) is 0 Å². The number of likely N-dealkylation sites (tertiary alicyclic amines) is 1. The summed E-state index contributed by atoms with van der Waals surface area (Å²) in [6.45, 7) is 4.23. The number of nitrogens with zero attached hydrogens (tertiary/aromatic N) is 4. The third-order valence-electron chi connectivity index (χ3n) is 7.78. The van der Waals surface area contributed by atoms with E-state index in [1.807, 2.05) is 65.6 Å². The van der Waals surface area contributed by atoms with Gasteiger partial charge in [-0.1, -0.05) is 74.7 Å². The van der Waals surface area contributed by atoms with Crippen molar-refractivity contribution in [3.63, 3.8) is 0 Å². The van der Waals surface area contributed by atoms with Gasteiger partial charge in [-0.25, -0.2) is 0 Å². The lowest BCUT2D eigenvalue weighted by Crippen LogP contribution is -2.57. The second-order valence-electron chi connectivity index (χ2n) is 10.4. The summed E-state index contributed by atoms with van der Waals surface area (Å²) in [5.74, 6) is 0.104. The van der Waals surface area contributed by atoms with Crippen molar-refractivity contribution in [2.75, 3.05) is 38.3 Å². The molecule has 3 amide bonds. The topological polar surface area (TPSA) is 64.2 Å². The minimum Gasteiger partial charge on any atom is -0.342 e. The zero-order valence-electron chi connectivity index (χ0n) is 22.3. The Morgan fingerprint density at radius 2 is 1.57 bits per heavy atom. The van der Waals surface area contributed by atoms with Gasteiger partial charge in [-0.3, -0.25) is 14.4 Å². The molecule has 0 N–H and O–H groups in total. The van der Waals surface area contributed by atoms with Crippen LogP contribution in [0.5, 0.6) is 0 Å². The first-order valence-electron chi connectivity index (χ1n) is 13.6. The van der Waals surface area contributed by atoms with E-state index in [9.17, 15) is 14.4 Å². The van der Waals surface area contributed by atoms with Crippen LogP contribution < -0.4 is 4.90 Å². The van der Waals surface area contributed by atoms with Gasteiger partial charge in [0.1, 0.15) is 12.1 Å². The summed E-state index contributed by atoms with van der Waals surface area (Å²) in [5, 5.41) is 0. The number of carbonyl (C=O) groups excluding carboxylic acids is 3. The van der Waals surface area contributed by atoms with E-state index in [0.29, 0.717) is 45.6 Å². The monoisotopic (exact) mass is 504 g/mol. The number of anilines is 1. The van der Waals surface area contributed by atoms with Crippen LogP contribution in [-0.4, -0.2) is 71.3 Å². The van der Waals surface area contributed by atoms with E-state index < -0.39 is 5.54 Å². The maximum Gasteiger partial charge on any atom is 0.250 e. The van der Waals surface area contributed by atoms with E-state index in [1.54, 1.807) is 16.8 Å². The molecule has 0 saturated carbocycles. The van der Waals surface area contributed by atoms with Gasteiger partial charge in [0, 0.05) is 38.8 Å². The maximum absolute atomic E-state index is 13.9. The van der Waals surface area contributed by atoms with Crippen LogP contribution in [0.15, 0.2) is 60.7 Å². The van der Waals surface area contributed by atoms with E-state index in [0.717, 1.165) is 36.9 Å². The van der Waals surface area contributed by atoms with Gasteiger partial charge in [0.05, 0.1) is 6.67 Å². The Bertz CT molecular complexity index is 1050. The summed E-state index contributed by atoms with van der Waals surface area (Å²) < 4.78 is 0. The summed E-state index contributed by atoms with van der Waals surface area (Å²) in [6.07, 6.45) is 6.05. The molecule has 0 aromatic heterocycles. The van der Waals surface area contributed by atoms with Crippen LogP contribution in [0.25, 0.3) is 0 Å². The molecule has 2 aromatic carbocycles. The van der Waals surface area contributed by atoms with Gasteiger partial charge in [0.25, 0.3) is 5.91 Å². The summed E-state index contributed by atoms with van der Waals surface area (Å²) in [6, 6.07) is 19.8. The average molecular weight is 505 g/mol. The summed E-state index contributed by atoms with van der Waals surface area (Å²) in [5.41, 5.74) is 1.31. The molecule has 0 radical (unpaired) electrons. The van der Waals surface area contributed by atoms with Gasteiger partial charge < -0.3 is 19.6 Å². The molecular weight excluding hydrogens is 464 g/mol. The van der Waals surface area contributed by atoms with Crippen LogP contribution in [-0.2, 0) is 20.9 Å². The fourth-order valence-corrected chi connectivity index (χ4v) is 5.54. The van der Waals surface area contributed by atoms with Crippen molar-refractivity contribution in [2.24, 2.45) is 0 Å². The Morgan fingerprint density at radius 3 is 2.22 bits per heavy atom. The number of hydrogen-bond acceptors (Lipinski definition) is 4. The van der Waals surface area contributed by atoms with Gasteiger partial charge in [-0.05, 0) is 37.0 Å². The lowest BCUT2D eigenvalue weighted by molar-refractivity contribution is -0.142. The Hall–Kier alpha value is -3.35. The van der Waals surface area contributed by atoms with Crippen LogP contribution in [0, 0.1) is 0 Å². The number of likely N-dealkylation sites (N-methyl/N-ethyl adjacent to an activating group) is 1. The van der Waals surface area contributed by atoms with E-state index >= 15 is 0 Å². The highest BCUT2D eigenvalue weighted by Crippen LogP contribution is 2.39. The molecule has 7 heteroatoms. The molecule has 2 saturated heterocycles. The van der Waals surface area contributed by atoms with Gasteiger partial charge in [-0.2, -0.15) is 0 Å². The first kappa shape index (κ1) is 26.7. The standard InChI is InChI=1S/C30H40N4O3/c1-3-4-5-12-17-27(35)32-20-18-30(19-21-32)29(37)33(24-34(30)26-15-10-7-11-16-26)23-28(36)31(2)22-25-13-8-6-9-14-25/h6-11,13-16H,3-5,12,17-24H2,1-2H3. The number of unbranched alkanes of at least 4 members (excludes halogenated alkanes) is 3. The molecule has 0 atom stereocenters. The quantitative estimate of drug-likeness (QED) is 0.453. The minimum atomic E-state index is -0.724. The smallest absolute Gasteiger partial charge is 0.250 e. The number of rotatable bonds is 10. The molecule has 198 valence electrons. The SMILES string of the molecule is CCCCCCC(=O)N1CCC2(CC1)C(=O)N(CC(=O)N(C)Cc1ccccc1)CN2c1ccccc1. The summed E-state index contributed by atoms with van der Waals surface area (Å²) in [4.78, 5) is 47.3. The van der Waals surface area contributed by atoms with E-state index in [1.165, 1.54) is 0 Å². The molecular formula is C30H40N4O3. The third-order valence-corrected chi connectivity index (χ3v) is 7.78. The Kier molecular flexibility index (Phi) is 8.85. The minimum absolute atomic E-state index is 0.00661. The average Bonchev–Trinajstić information content (AvgIpc) is 3.18. The fourth-order valence-electron chi connectivity index (χ4n) is 5.54. The largest absolute Gasteiger partial charge is 0.342 e. The van der Waals surface area contributed by atoms with Crippen LogP contribution >= 0.6 is 0 Å². The van der Waals surface area contributed by atoms with E-state index in [-0.39, 0.29) is 24.3 Å². The molecule has 1 spiro atoms. The molecule has 2 heterocycles. The highest BCUT2D eigenvalue weighted by atomic mass is 16.2. The summed E-state index contributed by atoms with van der Waals surface area (Å²) in [7, 11) is 1.78. The predicted molar refractivity (Wildman–Crippen MR) is 146 cm³/mol. The van der Waals surface area contributed by atoms with Gasteiger partial charge in [0.15, 0.2) is 0 Å². The van der Waals surface area contributed by atoms with Gasteiger partial charge in [0.2, 0.25) is 11.8 Å². The number of hydrogen-bond donors (Lipinski definition) is 0. The van der Waals surface area contributed by atoms with Crippen molar-refractivity contribution in [3.8, 4) is 0 Å². The first-order valence-corrected chi connectivity index (χ1v) is 13.6. The zero-order valence-corrected chi connectivity index (χ0v) is 22.3. The van der Waals surface area contributed by atoms with Crippen LogP contribution in [0.3, 0.4) is 0 Å². The van der Waals surface area contributed by atoms with Crippen LogP contribution in [0.2, 0.25) is 0 Å². The van der Waals surface area contributed by atoms with Gasteiger partial charge in [-0.15, -0.1) is 0 Å². The maximum atomic E-state index is 13.9. The molecule has 2 aliphatic heterocycles. The predicted octanol–water partition coefficient (Wildman–Crippen LogP) is 4.28. The number of benzene rings is 2. The second-order valence-corrected chi connectivity index (χ2v) is 10.4. The fraction of sp³-hybridized carbons (Fsp3) is 0.500. The number of amides is 3. The lowest BCUT2D eigenvalue weighted by atomic mass is 9.85. The molecule has 4 rings (SSSR count). The molecule has 37 heavy (non-hydrogen) atoms. The molecule has 2 fully saturated rings. The molecule has 0 unspecified atom stereocenters. The molecule has 0 aliphatic carbocycles. The van der Waals surface area contributed by atoms with Crippen molar-refractivity contribution in [3.05, 3.63) is 66.2 Å². The Morgan fingerprint density at radius 1 is 0.919 bits per heavy atom. The van der Waals surface area contributed by atoms with E-state index in [2.05, 4.69) is 11.8 Å². The number of para-hydroxylation sites is 1. The molecule has 2 aromatic rings. The highest BCUT2D eigenvalue weighted by Gasteiger charge is 2.54. The Labute approximate surface area is 221 Å². The van der Waals surface area contributed by atoms with Crippen molar-refractivity contribution < 1.29 is 14.4 Å². The van der Waals surface area contributed by atoms with E-state index in [4.69, 9.17) is 0 Å². The Balaban J connectivity index is 1.44. The lowest BCUT2D eigenvalue weighted by Gasteiger charge is -2.43. The number of carbonyl (C=O) groups is 3. The third kappa shape index (κ3) is 6.14. The molecule has 0 bridgehead atoms. The molecule has 7 nitrogen and oxygen atoms in total. The number of piperidine rings is 1. The van der Waals surface area contributed by atoms with Gasteiger partial charge >= 0.3 is 0 Å². The normalized spacial score (nSPS) is 16.9. The van der Waals surface area contributed by atoms with Crippen molar-refractivity contribution in [1.82, 2.24) is 14.7 Å². The highest BCUT2D eigenvalue weighted by molar-refractivity contribution is 5.96. The van der Waals surface area contributed by atoms with Crippen LogP contribution in [0.1, 0.15) is 57.4 Å². The van der Waals surface area contributed by atoms with Crippen molar-refractivity contribution in [2.45, 2.75) is 64.0 Å². The van der Waals surface area contributed by atoms with Crippen molar-refractivity contribution >= 4 is 23.4 Å². The zero-order chi connectivity index (χ0) is 26.3.